The number of hydrogen-bond acceptors (Lipinski definition) is 1. The largest absolute Gasteiger partial charge is 0.508 e. The van der Waals surface area contributed by atoms with E-state index in [1.807, 2.05) is 30.3 Å². The molecule has 0 aliphatic carbocycles. The smallest absolute Gasteiger partial charge is 0.201 e. The molecule has 8 heteroatoms. The second-order valence-corrected chi connectivity index (χ2v) is 9.76. The van der Waals surface area contributed by atoms with Gasteiger partial charge in [-0.2, -0.15) is 0 Å². The van der Waals surface area contributed by atoms with E-state index in [1.54, 1.807) is 30.3 Å². The summed E-state index contributed by atoms with van der Waals surface area (Å²) in [6, 6.07) is 17.8. The first-order valence-electron chi connectivity index (χ1n) is 9.78. The van der Waals surface area contributed by atoms with Crippen molar-refractivity contribution in [3.63, 3.8) is 0 Å². The van der Waals surface area contributed by atoms with Crippen LogP contribution in [-0.4, -0.2) is 18.6 Å². The average Bonchev–Trinajstić information content (AvgIpc) is 2.80. The van der Waals surface area contributed by atoms with Gasteiger partial charge >= 0.3 is 0 Å². The van der Waals surface area contributed by atoms with Gasteiger partial charge < -0.3 is 5.11 Å². The molecule has 0 spiro atoms. The molecule has 0 aromatic heterocycles. The van der Waals surface area contributed by atoms with E-state index >= 15 is 0 Å². The molecule has 0 aliphatic rings. The molecule has 0 heterocycles. The quantitative estimate of drug-likeness (QED) is 0.144. The number of fused-ring (bicyclic) bond motifs is 1. The Labute approximate surface area is 185 Å². The average molecular weight is 460 g/mol. The molecule has 1 atom stereocenters. The van der Waals surface area contributed by atoms with Crippen molar-refractivity contribution in [3.05, 3.63) is 95.3 Å². The highest BCUT2D eigenvalue weighted by molar-refractivity contribution is 8.15. The van der Waals surface area contributed by atoms with Crippen molar-refractivity contribution in [3.8, 4) is 5.75 Å². The molecule has 1 unspecified atom stereocenters. The van der Waals surface area contributed by atoms with Crippen LogP contribution in [0, 0.1) is 29.1 Å². The fourth-order valence-corrected chi connectivity index (χ4v) is 5.39. The first-order valence-corrected chi connectivity index (χ1v) is 11.7. The Bertz CT molecular complexity index is 1280. The van der Waals surface area contributed by atoms with Crippen LogP contribution in [0.1, 0.15) is 5.56 Å². The second kappa shape index (κ2) is 8.86. The van der Waals surface area contributed by atoms with Crippen LogP contribution in [0.2, 0.25) is 0 Å². The molecular weight excluding hydrogens is 442 g/mol. The maximum atomic E-state index is 14.2. The molecule has 164 valence electrons. The monoisotopic (exact) mass is 460 g/mol. The Morgan fingerprint density at radius 3 is 1.91 bits per heavy atom. The van der Waals surface area contributed by atoms with Crippen molar-refractivity contribution >= 4 is 39.9 Å². The minimum absolute atomic E-state index is 0.195. The third-order valence-corrected chi connectivity index (χ3v) is 7.47. The standard InChI is InChI=1S/C24H18BF5OS/c1-32(15-9-7-14(31)8-10-15)12-13-6-11-18(17-5-3-2-4-16(13)17)25-19-20(26)22(28)24(30)23(29)21(19)27/h2-11,25,31-32H,12H2,1H3. The van der Waals surface area contributed by atoms with E-state index in [0.29, 0.717) is 10.8 Å². The molecule has 32 heavy (non-hydrogen) atoms. The Balaban J connectivity index is 1.73. The number of aromatic hydroxyl groups is 1. The van der Waals surface area contributed by atoms with E-state index in [-0.39, 0.29) is 5.75 Å². The second-order valence-electron chi connectivity index (χ2n) is 7.53. The van der Waals surface area contributed by atoms with Gasteiger partial charge in [0, 0.05) is 5.75 Å². The van der Waals surface area contributed by atoms with Crippen LogP contribution < -0.4 is 10.9 Å². The number of hydrogen-bond donors (Lipinski definition) is 2. The van der Waals surface area contributed by atoms with E-state index in [2.05, 4.69) is 6.26 Å². The van der Waals surface area contributed by atoms with Crippen molar-refractivity contribution in [2.24, 2.45) is 0 Å². The minimum Gasteiger partial charge on any atom is -0.508 e. The number of phenolic OH excluding ortho intramolecular Hbond substituents is 1. The van der Waals surface area contributed by atoms with Crippen molar-refractivity contribution in [2.45, 2.75) is 10.6 Å². The zero-order valence-corrected chi connectivity index (χ0v) is 17.9. The lowest BCUT2D eigenvalue weighted by atomic mass is 9.62. The molecule has 0 saturated carbocycles. The van der Waals surface area contributed by atoms with Gasteiger partial charge in [-0.1, -0.05) is 41.9 Å². The van der Waals surface area contributed by atoms with Crippen LogP contribution in [0.3, 0.4) is 0 Å². The topological polar surface area (TPSA) is 20.2 Å². The van der Waals surface area contributed by atoms with Gasteiger partial charge in [0.2, 0.25) is 7.28 Å². The molecule has 4 rings (SSSR count). The maximum absolute atomic E-state index is 14.2. The highest BCUT2D eigenvalue weighted by atomic mass is 32.2. The Morgan fingerprint density at radius 2 is 1.28 bits per heavy atom. The van der Waals surface area contributed by atoms with E-state index in [0.717, 1.165) is 21.6 Å². The van der Waals surface area contributed by atoms with Crippen LogP contribution in [-0.2, 0) is 5.75 Å². The summed E-state index contributed by atoms with van der Waals surface area (Å²) in [5.74, 6) is -8.73. The summed E-state index contributed by atoms with van der Waals surface area (Å²) in [6.45, 7) is 0. The normalized spacial score (nSPS) is 12.8. The first-order chi connectivity index (χ1) is 15.3. The third kappa shape index (κ3) is 4.07. The highest BCUT2D eigenvalue weighted by Gasteiger charge is 2.26. The number of benzene rings is 4. The number of rotatable bonds is 5. The number of phenols is 1. The summed E-state index contributed by atoms with van der Waals surface area (Å²) in [4.78, 5) is 1.10. The lowest BCUT2D eigenvalue weighted by molar-refractivity contribution is 0.384. The van der Waals surface area contributed by atoms with E-state index in [9.17, 15) is 27.1 Å². The van der Waals surface area contributed by atoms with Crippen molar-refractivity contribution in [2.75, 3.05) is 6.26 Å². The van der Waals surface area contributed by atoms with Crippen LogP contribution in [0.5, 0.6) is 5.75 Å². The molecule has 0 amide bonds. The van der Waals surface area contributed by atoms with E-state index < -0.39 is 52.7 Å². The molecule has 1 N–H and O–H groups in total. The summed E-state index contributed by atoms with van der Waals surface area (Å²) in [5, 5.41) is 11.1. The summed E-state index contributed by atoms with van der Waals surface area (Å²) in [6.07, 6.45) is 2.11. The minimum atomic E-state index is -2.16. The van der Waals surface area contributed by atoms with Gasteiger partial charge in [-0.3, -0.25) is 0 Å². The summed E-state index contributed by atoms with van der Waals surface area (Å²) in [5.41, 5.74) is 0.641. The molecule has 0 fully saturated rings. The molecule has 4 aromatic rings. The molecule has 0 radical (unpaired) electrons. The van der Waals surface area contributed by atoms with Gasteiger partial charge in [0.25, 0.3) is 0 Å². The van der Waals surface area contributed by atoms with Crippen LogP contribution in [0.15, 0.2) is 65.6 Å². The van der Waals surface area contributed by atoms with Crippen LogP contribution in [0.4, 0.5) is 22.0 Å². The van der Waals surface area contributed by atoms with E-state index in [4.69, 9.17) is 0 Å². The van der Waals surface area contributed by atoms with Gasteiger partial charge in [-0.05, 0) is 57.2 Å². The van der Waals surface area contributed by atoms with E-state index in [1.165, 1.54) is 0 Å². The van der Waals surface area contributed by atoms with Crippen LogP contribution in [0.25, 0.3) is 10.8 Å². The molecule has 0 saturated heterocycles. The predicted octanol–water partition coefficient (Wildman–Crippen LogP) is 4.82. The molecule has 0 bridgehead atoms. The summed E-state index contributed by atoms with van der Waals surface area (Å²) < 4.78 is 69.1. The van der Waals surface area contributed by atoms with Gasteiger partial charge in [-0.15, -0.1) is 0 Å². The third-order valence-electron chi connectivity index (χ3n) is 5.47. The van der Waals surface area contributed by atoms with Gasteiger partial charge in [-0.25, -0.2) is 32.8 Å². The SMILES string of the molecule is C[SH](Cc1ccc(Bc2c(F)c(F)c(F)c(F)c2F)c2ccccc12)c1ccc(O)cc1. The Morgan fingerprint density at radius 1 is 0.719 bits per heavy atom. The number of halogens is 5. The van der Waals surface area contributed by atoms with Crippen molar-refractivity contribution in [1.29, 1.82) is 0 Å². The molecule has 1 nitrogen and oxygen atoms in total. The Hall–Kier alpha value is -3.00. The molecule has 4 aromatic carbocycles. The zero-order valence-electron chi connectivity index (χ0n) is 17.0. The fraction of sp³-hybridized carbons (Fsp3) is 0.0833. The predicted molar refractivity (Wildman–Crippen MR) is 122 cm³/mol. The van der Waals surface area contributed by atoms with Gasteiger partial charge in [0.15, 0.2) is 29.1 Å². The zero-order chi connectivity index (χ0) is 23.0. The van der Waals surface area contributed by atoms with Crippen LogP contribution >= 0.6 is 10.9 Å². The highest BCUT2D eigenvalue weighted by Crippen LogP contribution is 2.38. The first kappa shape index (κ1) is 22.2. The van der Waals surface area contributed by atoms with Gasteiger partial charge in [0.1, 0.15) is 5.75 Å². The van der Waals surface area contributed by atoms with Crippen molar-refractivity contribution in [1.82, 2.24) is 0 Å². The Kier molecular flexibility index (Phi) is 6.15. The summed E-state index contributed by atoms with van der Waals surface area (Å²) >= 11 is 0. The molecular formula is C24H18BF5OS. The summed E-state index contributed by atoms with van der Waals surface area (Å²) in [7, 11) is -1.01. The fourth-order valence-electron chi connectivity index (χ4n) is 3.77. The molecule has 0 aliphatic heterocycles. The van der Waals surface area contributed by atoms with Gasteiger partial charge in [0.05, 0.1) is 0 Å². The lowest BCUT2D eigenvalue weighted by Crippen LogP contribution is -2.35. The lowest BCUT2D eigenvalue weighted by Gasteiger charge is -2.19. The maximum Gasteiger partial charge on any atom is 0.201 e. The van der Waals surface area contributed by atoms with Crippen molar-refractivity contribution < 1.29 is 27.1 Å². The number of thiol groups is 1.